The van der Waals surface area contributed by atoms with Gasteiger partial charge in [-0.1, -0.05) is 0 Å². The molecule has 0 aliphatic rings. The summed E-state index contributed by atoms with van der Waals surface area (Å²) in [4.78, 5) is 27.6. The molecule has 0 saturated heterocycles. The van der Waals surface area contributed by atoms with E-state index >= 15 is 0 Å². The summed E-state index contributed by atoms with van der Waals surface area (Å²) in [7, 11) is 0. The molecule has 0 saturated carbocycles. The Labute approximate surface area is 128 Å². The third-order valence-electron chi connectivity index (χ3n) is 3.21. The number of hydrogen-bond donors (Lipinski definition) is 1. The van der Waals surface area contributed by atoms with E-state index in [-0.39, 0.29) is 24.6 Å². The highest BCUT2D eigenvalue weighted by atomic mass is 16.2. The van der Waals surface area contributed by atoms with E-state index in [9.17, 15) is 9.59 Å². The summed E-state index contributed by atoms with van der Waals surface area (Å²) in [5.74, 6) is -0.198. The smallest absolute Gasteiger partial charge is 0.326 e. The molecule has 0 fully saturated rings. The first kappa shape index (κ1) is 15.4. The van der Waals surface area contributed by atoms with E-state index in [1.54, 1.807) is 37.3 Å². The lowest BCUT2D eigenvalue weighted by Gasteiger charge is -2.10. The number of nitrogens with zero attached hydrogens (tertiary/aromatic N) is 3. The number of aromatic nitrogens is 2. The van der Waals surface area contributed by atoms with Gasteiger partial charge in [0.05, 0.1) is 11.6 Å². The molecular formula is C16H16N4O2. The largest absolute Gasteiger partial charge is 0.347 e. The van der Waals surface area contributed by atoms with Crippen molar-refractivity contribution in [2.45, 2.75) is 26.8 Å². The summed E-state index contributed by atoms with van der Waals surface area (Å²) in [6.45, 7) is 3.85. The third kappa shape index (κ3) is 3.79. The molecule has 1 aromatic heterocycles. The van der Waals surface area contributed by atoms with Crippen LogP contribution in [0.1, 0.15) is 23.4 Å². The molecule has 0 atom stereocenters. The predicted molar refractivity (Wildman–Crippen MR) is 82.4 cm³/mol. The molecule has 0 aliphatic heterocycles. The lowest BCUT2D eigenvalue weighted by atomic mass is 10.2. The van der Waals surface area contributed by atoms with Gasteiger partial charge in [-0.25, -0.2) is 4.79 Å². The molecule has 6 heteroatoms. The first-order valence-electron chi connectivity index (χ1n) is 6.84. The van der Waals surface area contributed by atoms with Crippen LogP contribution in [0.15, 0.2) is 35.1 Å². The van der Waals surface area contributed by atoms with E-state index in [4.69, 9.17) is 5.26 Å². The third-order valence-corrected chi connectivity index (χ3v) is 3.21. The molecule has 1 amide bonds. The van der Waals surface area contributed by atoms with Gasteiger partial charge >= 0.3 is 5.69 Å². The molecule has 2 rings (SSSR count). The molecule has 0 aliphatic carbocycles. The number of amides is 1. The quantitative estimate of drug-likeness (QED) is 0.931. The predicted octanol–water partition coefficient (Wildman–Crippen LogP) is 1.76. The Morgan fingerprint density at radius 1 is 1.32 bits per heavy atom. The molecule has 6 nitrogen and oxygen atoms in total. The van der Waals surface area contributed by atoms with E-state index in [0.717, 1.165) is 5.69 Å². The van der Waals surface area contributed by atoms with E-state index in [1.807, 2.05) is 13.0 Å². The fourth-order valence-electron chi connectivity index (χ4n) is 2.11. The van der Waals surface area contributed by atoms with Crippen molar-refractivity contribution in [2.24, 2.45) is 0 Å². The zero-order valence-electron chi connectivity index (χ0n) is 12.5. The van der Waals surface area contributed by atoms with Gasteiger partial charge in [-0.3, -0.25) is 9.36 Å². The highest BCUT2D eigenvalue weighted by molar-refractivity contribution is 5.90. The van der Waals surface area contributed by atoms with Crippen molar-refractivity contribution < 1.29 is 4.79 Å². The molecule has 0 unspecified atom stereocenters. The molecule has 112 valence electrons. The van der Waals surface area contributed by atoms with E-state index < -0.39 is 0 Å². The van der Waals surface area contributed by atoms with Crippen molar-refractivity contribution in [1.29, 1.82) is 5.26 Å². The standard InChI is InChI=1S/C16H16N4O2/c1-11-9-12(2)20(16(22)18-11)8-7-15(21)19-14-5-3-13(10-17)4-6-14/h3-6,9H,7-8H2,1-2H3,(H,19,21). The van der Waals surface area contributed by atoms with Crippen LogP contribution in [0, 0.1) is 25.2 Å². The lowest BCUT2D eigenvalue weighted by Crippen LogP contribution is -2.27. The molecular weight excluding hydrogens is 280 g/mol. The van der Waals surface area contributed by atoms with Gasteiger partial charge in [0.1, 0.15) is 0 Å². The van der Waals surface area contributed by atoms with Crippen LogP contribution in [0.5, 0.6) is 0 Å². The normalized spacial score (nSPS) is 10.0. The Kier molecular flexibility index (Phi) is 4.69. The zero-order valence-corrected chi connectivity index (χ0v) is 12.5. The van der Waals surface area contributed by atoms with E-state index in [0.29, 0.717) is 16.9 Å². The van der Waals surface area contributed by atoms with Crippen LogP contribution >= 0.6 is 0 Å². The zero-order chi connectivity index (χ0) is 16.1. The maximum Gasteiger partial charge on any atom is 0.347 e. The second-order valence-electron chi connectivity index (χ2n) is 4.96. The molecule has 22 heavy (non-hydrogen) atoms. The van der Waals surface area contributed by atoms with Crippen molar-refractivity contribution >= 4 is 11.6 Å². The van der Waals surface area contributed by atoms with E-state index in [2.05, 4.69) is 10.3 Å². The summed E-state index contributed by atoms with van der Waals surface area (Å²) in [5.41, 5.74) is 2.26. The first-order valence-corrected chi connectivity index (χ1v) is 6.84. The van der Waals surface area contributed by atoms with Crippen LogP contribution in [0.25, 0.3) is 0 Å². The molecule has 0 radical (unpaired) electrons. The maximum atomic E-state index is 11.9. The number of nitriles is 1. The molecule has 2 aromatic rings. The SMILES string of the molecule is Cc1cc(C)n(CCC(=O)Nc2ccc(C#N)cc2)c(=O)n1. The second kappa shape index (κ2) is 6.68. The molecule has 1 N–H and O–H groups in total. The number of benzene rings is 1. The number of anilines is 1. The number of hydrogen-bond acceptors (Lipinski definition) is 4. The molecule has 1 heterocycles. The fourth-order valence-corrected chi connectivity index (χ4v) is 2.11. The maximum absolute atomic E-state index is 11.9. The first-order chi connectivity index (χ1) is 10.5. The summed E-state index contributed by atoms with van der Waals surface area (Å²) < 4.78 is 1.48. The summed E-state index contributed by atoms with van der Waals surface area (Å²) in [5, 5.41) is 11.4. The number of nitrogens with one attached hydrogen (secondary N) is 1. The highest BCUT2D eigenvalue weighted by Crippen LogP contribution is 2.09. The van der Waals surface area contributed by atoms with Crippen LogP contribution in [0.3, 0.4) is 0 Å². The number of aryl methyl sites for hydroxylation is 2. The van der Waals surface area contributed by atoms with Gasteiger partial charge in [-0.2, -0.15) is 10.2 Å². The average molecular weight is 296 g/mol. The van der Waals surface area contributed by atoms with Crippen molar-refractivity contribution in [1.82, 2.24) is 9.55 Å². The van der Waals surface area contributed by atoms with Gasteiger partial charge in [0, 0.05) is 30.0 Å². The number of rotatable bonds is 4. The minimum absolute atomic E-state index is 0.172. The van der Waals surface area contributed by atoms with Gasteiger partial charge in [0.2, 0.25) is 5.91 Å². The van der Waals surface area contributed by atoms with Crippen LogP contribution in [0.2, 0.25) is 0 Å². The summed E-state index contributed by atoms with van der Waals surface area (Å²) in [6.07, 6.45) is 0.172. The van der Waals surface area contributed by atoms with Crippen LogP contribution in [-0.2, 0) is 11.3 Å². The minimum Gasteiger partial charge on any atom is -0.326 e. The van der Waals surface area contributed by atoms with E-state index in [1.165, 1.54) is 4.57 Å². The molecule has 0 spiro atoms. The highest BCUT2D eigenvalue weighted by Gasteiger charge is 2.07. The van der Waals surface area contributed by atoms with Crippen molar-refractivity contribution in [2.75, 3.05) is 5.32 Å². The Balaban J connectivity index is 1.98. The van der Waals surface area contributed by atoms with Gasteiger partial charge in [0.15, 0.2) is 0 Å². The molecule has 0 bridgehead atoms. The van der Waals surface area contributed by atoms with Crippen molar-refractivity contribution in [3.05, 3.63) is 57.8 Å². The fraction of sp³-hybridized carbons (Fsp3) is 0.250. The van der Waals surface area contributed by atoms with Crippen LogP contribution in [-0.4, -0.2) is 15.5 Å². The Bertz CT molecular complexity index is 785. The van der Waals surface area contributed by atoms with Gasteiger partial charge in [-0.15, -0.1) is 0 Å². The second-order valence-corrected chi connectivity index (χ2v) is 4.96. The summed E-state index contributed by atoms with van der Waals surface area (Å²) in [6, 6.07) is 10.4. The summed E-state index contributed by atoms with van der Waals surface area (Å²) >= 11 is 0. The monoisotopic (exact) mass is 296 g/mol. The van der Waals surface area contributed by atoms with Crippen LogP contribution in [0.4, 0.5) is 5.69 Å². The number of carbonyl (C=O) groups is 1. The lowest BCUT2D eigenvalue weighted by molar-refractivity contribution is -0.116. The topological polar surface area (TPSA) is 87.8 Å². The van der Waals surface area contributed by atoms with Crippen molar-refractivity contribution in [3.8, 4) is 6.07 Å². The average Bonchev–Trinajstić information content (AvgIpc) is 2.47. The van der Waals surface area contributed by atoms with Gasteiger partial charge in [-0.05, 0) is 44.2 Å². The Morgan fingerprint density at radius 3 is 2.59 bits per heavy atom. The van der Waals surface area contributed by atoms with Crippen molar-refractivity contribution in [3.63, 3.8) is 0 Å². The molecule has 1 aromatic carbocycles. The number of carbonyl (C=O) groups excluding carboxylic acids is 1. The van der Waals surface area contributed by atoms with Gasteiger partial charge in [0.25, 0.3) is 0 Å². The van der Waals surface area contributed by atoms with Gasteiger partial charge < -0.3 is 5.32 Å². The minimum atomic E-state index is -0.344. The van der Waals surface area contributed by atoms with Crippen LogP contribution < -0.4 is 11.0 Å². The Hall–Kier alpha value is -2.94. The Morgan fingerprint density at radius 2 is 2.00 bits per heavy atom.